The van der Waals surface area contributed by atoms with Crippen LogP contribution in [-0.4, -0.2) is 16.7 Å². The van der Waals surface area contributed by atoms with Gasteiger partial charge < -0.3 is 4.57 Å². The average Bonchev–Trinajstić information content (AvgIpc) is 3.17. The van der Waals surface area contributed by atoms with Gasteiger partial charge in [0.25, 0.3) is 5.91 Å². The van der Waals surface area contributed by atoms with E-state index in [-0.39, 0.29) is 5.91 Å². The van der Waals surface area contributed by atoms with Gasteiger partial charge in [0.05, 0.1) is 6.21 Å². The van der Waals surface area contributed by atoms with Gasteiger partial charge in [0.2, 0.25) is 0 Å². The Hall–Kier alpha value is -4.18. The zero-order chi connectivity index (χ0) is 21.9. The molecule has 1 aromatic heterocycles. The number of nitrogens with zero attached hydrogens (tertiary/aromatic N) is 2. The van der Waals surface area contributed by atoms with E-state index in [4.69, 9.17) is 0 Å². The minimum Gasteiger partial charge on any atom is -0.342 e. The molecular formula is C28H23N3O. The Morgan fingerprint density at radius 1 is 0.906 bits per heavy atom. The van der Waals surface area contributed by atoms with Crippen molar-refractivity contribution < 1.29 is 4.79 Å². The van der Waals surface area contributed by atoms with Crippen LogP contribution in [0.15, 0.2) is 102 Å². The minimum absolute atomic E-state index is 0.226. The van der Waals surface area contributed by atoms with Crippen LogP contribution in [0.1, 0.15) is 27.0 Å². The van der Waals surface area contributed by atoms with Crippen molar-refractivity contribution in [3.8, 4) is 0 Å². The van der Waals surface area contributed by atoms with Crippen LogP contribution >= 0.6 is 0 Å². The molecule has 0 bridgehead atoms. The second-order valence-electron chi connectivity index (χ2n) is 7.92. The summed E-state index contributed by atoms with van der Waals surface area (Å²) in [5.74, 6) is -0.226. The second kappa shape index (κ2) is 8.52. The highest BCUT2D eigenvalue weighted by molar-refractivity contribution is 6.01. The molecule has 5 rings (SSSR count). The maximum absolute atomic E-state index is 12.6. The second-order valence-corrected chi connectivity index (χ2v) is 7.92. The molecule has 32 heavy (non-hydrogen) atoms. The quantitative estimate of drug-likeness (QED) is 0.280. The Labute approximate surface area is 186 Å². The lowest BCUT2D eigenvalue weighted by Gasteiger charge is -2.08. The Morgan fingerprint density at radius 2 is 1.66 bits per heavy atom. The van der Waals surface area contributed by atoms with E-state index >= 15 is 0 Å². The molecular weight excluding hydrogens is 394 g/mol. The van der Waals surface area contributed by atoms with Crippen LogP contribution in [0.5, 0.6) is 0 Å². The van der Waals surface area contributed by atoms with Gasteiger partial charge in [-0.15, -0.1) is 0 Å². The van der Waals surface area contributed by atoms with Crippen molar-refractivity contribution in [2.45, 2.75) is 13.5 Å². The van der Waals surface area contributed by atoms with E-state index in [2.05, 4.69) is 64.6 Å². The van der Waals surface area contributed by atoms with E-state index in [1.54, 1.807) is 6.21 Å². The van der Waals surface area contributed by atoms with Crippen LogP contribution in [0, 0.1) is 6.92 Å². The van der Waals surface area contributed by atoms with E-state index in [0.29, 0.717) is 5.56 Å². The van der Waals surface area contributed by atoms with Crippen molar-refractivity contribution in [2.24, 2.45) is 5.10 Å². The van der Waals surface area contributed by atoms with Gasteiger partial charge in [-0.05, 0) is 47.0 Å². The molecule has 0 aliphatic heterocycles. The van der Waals surface area contributed by atoms with Gasteiger partial charge in [0, 0.05) is 34.8 Å². The summed E-state index contributed by atoms with van der Waals surface area (Å²) in [6, 6.07) is 30.3. The van der Waals surface area contributed by atoms with Crippen LogP contribution in [0.4, 0.5) is 0 Å². The van der Waals surface area contributed by atoms with E-state index in [9.17, 15) is 4.79 Å². The molecule has 5 aromatic rings. The van der Waals surface area contributed by atoms with E-state index in [0.717, 1.165) is 33.8 Å². The third kappa shape index (κ3) is 3.91. The van der Waals surface area contributed by atoms with Crippen LogP contribution < -0.4 is 5.43 Å². The number of aromatic nitrogens is 1. The molecule has 1 amide bonds. The molecule has 0 atom stereocenters. The highest BCUT2D eigenvalue weighted by atomic mass is 16.2. The van der Waals surface area contributed by atoms with Gasteiger partial charge in [-0.1, -0.05) is 72.8 Å². The number of rotatable bonds is 5. The Morgan fingerprint density at radius 3 is 2.53 bits per heavy atom. The standard InChI is InChI=1S/C28H23N3O/c1-20-8-2-3-11-24(20)18-31-19-25(26-12-6-7-13-27(26)31)17-29-30-28(32)23-15-14-21-9-4-5-10-22(21)16-23/h2-17,19H,18H2,1H3,(H,30,32)/b29-17-. The van der Waals surface area contributed by atoms with Crippen molar-refractivity contribution in [3.63, 3.8) is 0 Å². The van der Waals surface area contributed by atoms with Crippen LogP contribution in [0.2, 0.25) is 0 Å². The number of nitrogens with one attached hydrogen (secondary N) is 1. The van der Waals surface area contributed by atoms with Crippen molar-refractivity contribution >= 4 is 33.8 Å². The smallest absolute Gasteiger partial charge is 0.271 e. The fraction of sp³-hybridized carbons (Fsp3) is 0.0714. The molecule has 0 fully saturated rings. The number of para-hydroxylation sites is 1. The zero-order valence-electron chi connectivity index (χ0n) is 17.8. The zero-order valence-corrected chi connectivity index (χ0v) is 17.8. The number of aryl methyl sites for hydroxylation is 1. The minimum atomic E-state index is -0.226. The number of carbonyl (C=O) groups is 1. The number of carbonyl (C=O) groups excluding carboxylic acids is 1. The molecule has 0 unspecified atom stereocenters. The number of hydrogen-bond donors (Lipinski definition) is 1. The molecule has 1 N–H and O–H groups in total. The SMILES string of the molecule is Cc1ccccc1Cn1cc(/C=N\NC(=O)c2ccc3ccccc3c2)c2ccccc21. The summed E-state index contributed by atoms with van der Waals surface area (Å²) in [6.45, 7) is 2.91. The summed E-state index contributed by atoms with van der Waals surface area (Å²) in [7, 11) is 0. The molecule has 0 radical (unpaired) electrons. The molecule has 4 heteroatoms. The lowest BCUT2D eigenvalue weighted by molar-refractivity contribution is 0.0955. The molecule has 156 valence electrons. The molecule has 0 saturated heterocycles. The van der Waals surface area contributed by atoms with Gasteiger partial charge in [-0.3, -0.25) is 4.79 Å². The molecule has 4 aromatic carbocycles. The molecule has 0 saturated carbocycles. The van der Waals surface area contributed by atoms with Gasteiger partial charge in [-0.2, -0.15) is 5.10 Å². The first-order valence-corrected chi connectivity index (χ1v) is 10.6. The van der Waals surface area contributed by atoms with Crippen LogP contribution in [0.25, 0.3) is 21.7 Å². The predicted octanol–water partition coefficient (Wildman–Crippen LogP) is 5.92. The van der Waals surface area contributed by atoms with Crippen LogP contribution in [-0.2, 0) is 6.54 Å². The van der Waals surface area contributed by atoms with Crippen molar-refractivity contribution in [1.82, 2.24) is 9.99 Å². The van der Waals surface area contributed by atoms with E-state index in [1.807, 2.05) is 54.6 Å². The largest absolute Gasteiger partial charge is 0.342 e. The highest BCUT2D eigenvalue weighted by Gasteiger charge is 2.09. The van der Waals surface area contributed by atoms with Gasteiger partial charge in [-0.25, -0.2) is 5.43 Å². The molecule has 0 aliphatic rings. The maximum atomic E-state index is 12.6. The monoisotopic (exact) mass is 417 g/mol. The van der Waals surface area contributed by atoms with Gasteiger partial charge >= 0.3 is 0 Å². The number of hydrazone groups is 1. The highest BCUT2D eigenvalue weighted by Crippen LogP contribution is 2.22. The van der Waals surface area contributed by atoms with Crippen molar-refractivity contribution in [3.05, 3.63) is 119 Å². The summed E-state index contributed by atoms with van der Waals surface area (Å²) >= 11 is 0. The Bertz CT molecular complexity index is 1460. The third-order valence-corrected chi connectivity index (χ3v) is 5.80. The number of amides is 1. The lowest BCUT2D eigenvalue weighted by atomic mass is 10.1. The summed E-state index contributed by atoms with van der Waals surface area (Å²) < 4.78 is 2.23. The third-order valence-electron chi connectivity index (χ3n) is 5.80. The summed E-state index contributed by atoms with van der Waals surface area (Å²) in [4.78, 5) is 12.6. The number of fused-ring (bicyclic) bond motifs is 2. The van der Waals surface area contributed by atoms with Crippen molar-refractivity contribution in [1.29, 1.82) is 0 Å². The molecule has 0 spiro atoms. The first-order valence-electron chi connectivity index (χ1n) is 10.6. The topological polar surface area (TPSA) is 46.4 Å². The summed E-state index contributed by atoms with van der Waals surface area (Å²) in [5, 5.41) is 7.49. The van der Waals surface area contributed by atoms with E-state index in [1.165, 1.54) is 11.1 Å². The first-order chi connectivity index (χ1) is 15.7. The van der Waals surface area contributed by atoms with E-state index < -0.39 is 0 Å². The lowest BCUT2D eigenvalue weighted by Crippen LogP contribution is -2.17. The van der Waals surface area contributed by atoms with Crippen molar-refractivity contribution in [2.75, 3.05) is 0 Å². The Balaban J connectivity index is 1.38. The summed E-state index contributed by atoms with van der Waals surface area (Å²) in [6.07, 6.45) is 3.80. The molecule has 1 heterocycles. The van der Waals surface area contributed by atoms with Gasteiger partial charge in [0.1, 0.15) is 0 Å². The first kappa shape index (κ1) is 19.8. The Kier molecular flexibility index (Phi) is 5.26. The van der Waals surface area contributed by atoms with Gasteiger partial charge in [0.15, 0.2) is 0 Å². The average molecular weight is 418 g/mol. The molecule has 4 nitrogen and oxygen atoms in total. The predicted molar refractivity (Wildman–Crippen MR) is 131 cm³/mol. The fourth-order valence-corrected chi connectivity index (χ4v) is 4.04. The normalized spacial score (nSPS) is 11.4. The fourth-order valence-electron chi connectivity index (χ4n) is 4.04. The number of hydrogen-bond acceptors (Lipinski definition) is 2. The maximum Gasteiger partial charge on any atom is 0.271 e. The summed E-state index contributed by atoms with van der Waals surface area (Å²) in [5.41, 5.74) is 7.90. The molecule has 0 aliphatic carbocycles. The van der Waals surface area contributed by atoms with Crippen LogP contribution in [0.3, 0.4) is 0 Å². The number of benzene rings is 4.